The average molecular weight is 308 g/mol. The Bertz CT molecular complexity index is 722. The van der Waals surface area contributed by atoms with Crippen molar-refractivity contribution >= 4 is 11.5 Å². The number of nitrogens with zero attached hydrogens (tertiary/aromatic N) is 4. The van der Waals surface area contributed by atoms with Crippen molar-refractivity contribution in [1.82, 2.24) is 9.78 Å². The van der Waals surface area contributed by atoms with E-state index < -0.39 is 0 Å². The average Bonchev–Trinajstić information content (AvgIpc) is 3.08. The number of hydrogen-bond donors (Lipinski definition) is 0. The molecular weight excluding hydrogens is 288 g/mol. The zero-order valence-electron chi connectivity index (χ0n) is 13.3. The molecule has 2 heterocycles. The molecule has 1 aliphatic rings. The van der Waals surface area contributed by atoms with Gasteiger partial charge < -0.3 is 4.90 Å². The molecule has 0 atom stereocenters. The third-order valence-corrected chi connectivity index (χ3v) is 4.48. The minimum atomic E-state index is 0.0318. The van der Waals surface area contributed by atoms with Gasteiger partial charge in [0.15, 0.2) is 5.78 Å². The van der Waals surface area contributed by atoms with Gasteiger partial charge in [-0.2, -0.15) is 10.4 Å². The maximum Gasteiger partial charge on any atom is 0.159 e. The summed E-state index contributed by atoms with van der Waals surface area (Å²) in [6.07, 6.45) is 5.93. The van der Waals surface area contributed by atoms with Crippen LogP contribution in [0.4, 0.5) is 5.69 Å². The molecule has 5 heteroatoms. The molecule has 23 heavy (non-hydrogen) atoms. The van der Waals surface area contributed by atoms with Crippen LogP contribution in [-0.2, 0) is 6.54 Å². The second-order valence-corrected chi connectivity index (χ2v) is 6.06. The lowest BCUT2D eigenvalue weighted by Crippen LogP contribution is -2.35. The van der Waals surface area contributed by atoms with E-state index in [1.54, 1.807) is 19.1 Å². The molecule has 118 valence electrons. The van der Waals surface area contributed by atoms with E-state index in [0.717, 1.165) is 38.2 Å². The van der Waals surface area contributed by atoms with Gasteiger partial charge in [-0.25, -0.2) is 0 Å². The Hall–Kier alpha value is -2.61. The number of nitriles is 1. The number of carbonyl (C=O) groups is 1. The van der Waals surface area contributed by atoms with Crippen molar-refractivity contribution in [2.24, 2.45) is 5.92 Å². The minimum Gasteiger partial charge on any atom is -0.370 e. The summed E-state index contributed by atoms with van der Waals surface area (Å²) < 4.78 is 1.98. The highest BCUT2D eigenvalue weighted by molar-refractivity contribution is 5.95. The van der Waals surface area contributed by atoms with Crippen LogP contribution in [0, 0.1) is 17.2 Å². The van der Waals surface area contributed by atoms with Crippen molar-refractivity contribution in [2.75, 3.05) is 18.0 Å². The number of rotatable bonds is 4. The lowest BCUT2D eigenvalue weighted by atomic mass is 9.95. The SMILES string of the molecule is CC(=O)c1ccc(C#N)c(N2CCC(Cn3cccn3)CC2)c1. The fourth-order valence-electron chi connectivity index (χ4n) is 3.14. The van der Waals surface area contributed by atoms with Crippen molar-refractivity contribution < 1.29 is 4.79 Å². The highest BCUT2D eigenvalue weighted by atomic mass is 16.1. The first-order valence-electron chi connectivity index (χ1n) is 7.95. The molecule has 5 nitrogen and oxygen atoms in total. The number of ketones is 1. The van der Waals surface area contributed by atoms with E-state index in [-0.39, 0.29) is 5.78 Å². The van der Waals surface area contributed by atoms with Crippen molar-refractivity contribution in [3.63, 3.8) is 0 Å². The summed E-state index contributed by atoms with van der Waals surface area (Å²) in [6.45, 7) is 4.31. The zero-order valence-corrected chi connectivity index (χ0v) is 13.3. The van der Waals surface area contributed by atoms with Gasteiger partial charge in [-0.15, -0.1) is 0 Å². The van der Waals surface area contributed by atoms with Crippen molar-refractivity contribution in [1.29, 1.82) is 5.26 Å². The Balaban J connectivity index is 1.70. The Labute approximate surface area is 136 Å². The third kappa shape index (κ3) is 3.42. The van der Waals surface area contributed by atoms with Crippen molar-refractivity contribution in [3.8, 4) is 6.07 Å². The van der Waals surface area contributed by atoms with Crippen LogP contribution in [0.15, 0.2) is 36.7 Å². The summed E-state index contributed by atoms with van der Waals surface area (Å²) in [6, 6.07) is 9.52. The molecule has 3 rings (SSSR count). The van der Waals surface area contributed by atoms with E-state index in [2.05, 4.69) is 16.1 Å². The molecule has 1 aromatic heterocycles. The summed E-state index contributed by atoms with van der Waals surface area (Å²) in [7, 11) is 0. The molecule has 0 aliphatic carbocycles. The Morgan fingerprint density at radius 3 is 2.78 bits per heavy atom. The molecule has 0 N–H and O–H groups in total. The molecule has 0 bridgehead atoms. The van der Waals surface area contributed by atoms with Gasteiger partial charge in [0.2, 0.25) is 0 Å². The van der Waals surface area contributed by atoms with Crippen LogP contribution in [0.5, 0.6) is 0 Å². The normalized spacial score (nSPS) is 15.4. The summed E-state index contributed by atoms with van der Waals surface area (Å²) in [5, 5.41) is 13.6. The van der Waals surface area contributed by atoms with Crippen LogP contribution in [0.25, 0.3) is 0 Å². The van der Waals surface area contributed by atoms with Crippen LogP contribution in [0.1, 0.15) is 35.7 Å². The number of benzene rings is 1. The number of hydrogen-bond acceptors (Lipinski definition) is 4. The smallest absolute Gasteiger partial charge is 0.159 e. The van der Waals surface area contributed by atoms with Gasteiger partial charge in [-0.05, 0) is 49.9 Å². The molecule has 0 spiro atoms. The van der Waals surface area contributed by atoms with Crippen molar-refractivity contribution in [3.05, 3.63) is 47.8 Å². The predicted octanol–water partition coefficient (Wildman–Crippen LogP) is 2.87. The van der Waals surface area contributed by atoms with Crippen LogP contribution in [0.2, 0.25) is 0 Å². The minimum absolute atomic E-state index is 0.0318. The molecule has 0 radical (unpaired) electrons. The molecule has 0 amide bonds. The monoisotopic (exact) mass is 308 g/mol. The second kappa shape index (κ2) is 6.66. The van der Waals surface area contributed by atoms with Gasteiger partial charge in [0.1, 0.15) is 6.07 Å². The quantitative estimate of drug-likeness (QED) is 0.815. The number of piperidine rings is 1. The molecular formula is C18H20N4O. The van der Waals surface area contributed by atoms with Crippen LogP contribution < -0.4 is 4.90 Å². The third-order valence-electron chi connectivity index (χ3n) is 4.48. The van der Waals surface area contributed by atoms with Crippen molar-refractivity contribution in [2.45, 2.75) is 26.3 Å². The Morgan fingerprint density at radius 2 is 2.17 bits per heavy atom. The molecule has 1 aliphatic heterocycles. The van der Waals surface area contributed by atoms with E-state index in [1.165, 1.54) is 0 Å². The first-order chi connectivity index (χ1) is 11.2. The van der Waals surface area contributed by atoms with Gasteiger partial charge in [0.05, 0.1) is 11.3 Å². The first-order valence-corrected chi connectivity index (χ1v) is 7.95. The lowest BCUT2D eigenvalue weighted by molar-refractivity contribution is 0.101. The van der Waals surface area contributed by atoms with Gasteiger partial charge in [0, 0.05) is 37.6 Å². The molecule has 0 saturated carbocycles. The second-order valence-electron chi connectivity index (χ2n) is 6.06. The van der Waals surface area contributed by atoms with Gasteiger partial charge in [-0.1, -0.05) is 0 Å². The molecule has 0 unspecified atom stereocenters. The van der Waals surface area contributed by atoms with Gasteiger partial charge >= 0.3 is 0 Å². The predicted molar refractivity (Wildman–Crippen MR) is 88.3 cm³/mol. The maximum absolute atomic E-state index is 11.6. The van der Waals surface area contributed by atoms with Crippen LogP contribution in [0.3, 0.4) is 0 Å². The molecule has 1 fully saturated rings. The highest BCUT2D eigenvalue weighted by Crippen LogP contribution is 2.28. The molecule has 1 aromatic carbocycles. The van der Waals surface area contributed by atoms with E-state index >= 15 is 0 Å². The lowest BCUT2D eigenvalue weighted by Gasteiger charge is -2.34. The van der Waals surface area contributed by atoms with Crippen LogP contribution in [-0.4, -0.2) is 28.7 Å². The Kier molecular flexibility index (Phi) is 4.42. The number of aromatic nitrogens is 2. The largest absolute Gasteiger partial charge is 0.370 e. The topological polar surface area (TPSA) is 61.9 Å². The number of Topliss-reactive ketones (excluding diaryl/α,β-unsaturated/α-hetero) is 1. The molecule has 1 saturated heterocycles. The standard InChI is InChI=1S/C18H20N4O/c1-14(23)16-3-4-17(12-19)18(11-16)21-9-5-15(6-10-21)13-22-8-2-7-20-22/h2-4,7-8,11,15H,5-6,9-10,13H2,1H3. The van der Waals surface area contributed by atoms with Gasteiger partial charge in [0.25, 0.3) is 0 Å². The summed E-state index contributed by atoms with van der Waals surface area (Å²) in [4.78, 5) is 13.8. The summed E-state index contributed by atoms with van der Waals surface area (Å²) >= 11 is 0. The van der Waals surface area contributed by atoms with E-state index in [9.17, 15) is 10.1 Å². The highest BCUT2D eigenvalue weighted by Gasteiger charge is 2.22. The van der Waals surface area contributed by atoms with Gasteiger partial charge in [-0.3, -0.25) is 9.48 Å². The number of anilines is 1. The maximum atomic E-state index is 11.6. The summed E-state index contributed by atoms with van der Waals surface area (Å²) in [5.74, 6) is 0.636. The zero-order chi connectivity index (χ0) is 16.2. The fourth-order valence-corrected chi connectivity index (χ4v) is 3.14. The van der Waals surface area contributed by atoms with E-state index in [4.69, 9.17) is 0 Å². The Morgan fingerprint density at radius 1 is 1.39 bits per heavy atom. The van der Waals surface area contributed by atoms with Crippen LogP contribution >= 0.6 is 0 Å². The first kappa shape index (κ1) is 15.3. The summed E-state index contributed by atoms with van der Waals surface area (Å²) in [5.41, 5.74) is 2.19. The van der Waals surface area contributed by atoms with E-state index in [1.807, 2.05) is 29.2 Å². The van der Waals surface area contributed by atoms with E-state index in [0.29, 0.717) is 17.0 Å². The number of carbonyl (C=O) groups excluding carboxylic acids is 1. The molecule has 2 aromatic rings. The fraction of sp³-hybridized carbons (Fsp3) is 0.389.